The fourth-order valence-corrected chi connectivity index (χ4v) is 1.98. The second-order valence-electron chi connectivity index (χ2n) is 4.49. The van der Waals surface area contributed by atoms with Crippen molar-refractivity contribution in [2.45, 2.75) is 26.0 Å². The average molecular weight is 264 g/mol. The molecule has 1 unspecified atom stereocenters. The molecule has 1 aromatic carbocycles. The van der Waals surface area contributed by atoms with Crippen LogP contribution in [0.2, 0.25) is 0 Å². The predicted octanol–water partition coefficient (Wildman–Crippen LogP) is 1.67. The summed E-state index contributed by atoms with van der Waals surface area (Å²) < 4.78 is 10.5. The van der Waals surface area contributed by atoms with Crippen LogP contribution in [0.1, 0.15) is 18.9 Å². The first-order valence-corrected chi connectivity index (χ1v) is 6.63. The van der Waals surface area contributed by atoms with Crippen molar-refractivity contribution < 1.29 is 14.3 Å². The van der Waals surface area contributed by atoms with Crippen LogP contribution in [0.5, 0.6) is 5.75 Å². The summed E-state index contributed by atoms with van der Waals surface area (Å²) in [6, 6.07) is 7.74. The number of carbonyl (C=O) groups excluding carboxylic acids is 1. The quantitative estimate of drug-likeness (QED) is 0.849. The van der Waals surface area contributed by atoms with Gasteiger partial charge in [0.25, 0.3) is 0 Å². The smallest absolute Gasteiger partial charge is 0.407 e. The van der Waals surface area contributed by atoms with E-state index in [2.05, 4.69) is 10.6 Å². The van der Waals surface area contributed by atoms with Gasteiger partial charge in [-0.15, -0.1) is 0 Å². The highest BCUT2D eigenvalue weighted by atomic mass is 16.5. The molecule has 0 radical (unpaired) electrons. The van der Waals surface area contributed by atoms with E-state index >= 15 is 0 Å². The normalized spacial score (nSPS) is 18.1. The first kappa shape index (κ1) is 13.7. The lowest BCUT2D eigenvalue weighted by Crippen LogP contribution is -2.36. The summed E-state index contributed by atoms with van der Waals surface area (Å²) in [4.78, 5) is 11.6. The largest absolute Gasteiger partial charge is 0.494 e. The molecule has 1 aliphatic heterocycles. The van der Waals surface area contributed by atoms with Gasteiger partial charge in [-0.1, -0.05) is 12.1 Å². The molecule has 1 amide bonds. The Balaban J connectivity index is 1.73. The molecule has 0 bridgehead atoms. The van der Waals surface area contributed by atoms with E-state index in [4.69, 9.17) is 9.47 Å². The van der Waals surface area contributed by atoms with Crippen molar-refractivity contribution in [3.8, 4) is 5.75 Å². The van der Waals surface area contributed by atoms with Gasteiger partial charge in [0.15, 0.2) is 0 Å². The minimum atomic E-state index is -0.359. The zero-order chi connectivity index (χ0) is 13.5. The SMILES string of the molecule is CCOc1ccc(COC(=O)NC2CCNC2)cc1. The fraction of sp³-hybridized carbons (Fsp3) is 0.500. The molecule has 1 heterocycles. The van der Waals surface area contributed by atoms with Crippen molar-refractivity contribution in [2.24, 2.45) is 0 Å². The summed E-state index contributed by atoms with van der Waals surface area (Å²) in [5.41, 5.74) is 0.947. The molecule has 5 heteroatoms. The van der Waals surface area contributed by atoms with Gasteiger partial charge in [-0.25, -0.2) is 4.79 Å². The first-order valence-electron chi connectivity index (χ1n) is 6.63. The number of alkyl carbamates (subject to hydrolysis) is 1. The molecule has 1 aromatic rings. The van der Waals surface area contributed by atoms with Gasteiger partial charge >= 0.3 is 6.09 Å². The van der Waals surface area contributed by atoms with Crippen molar-refractivity contribution in [1.82, 2.24) is 10.6 Å². The van der Waals surface area contributed by atoms with E-state index in [1.807, 2.05) is 31.2 Å². The van der Waals surface area contributed by atoms with Crippen molar-refractivity contribution >= 4 is 6.09 Å². The number of benzene rings is 1. The van der Waals surface area contributed by atoms with Crippen molar-refractivity contribution in [1.29, 1.82) is 0 Å². The summed E-state index contributed by atoms with van der Waals surface area (Å²) >= 11 is 0. The van der Waals surface area contributed by atoms with Gasteiger partial charge in [0.2, 0.25) is 0 Å². The van der Waals surface area contributed by atoms with E-state index in [0.717, 1.165) is 30.8 Å². The lowest BCUT2D eigenvalue weighted by atomic mass is 10.2. The Morgan fingerprint density at radius 3 is 2.84 bits per heavy atom. The maximum atomic E-state index is 11.6. The Bertz CT molecular complexity index is 400. The molecule has 5 nitrogen and oxygen atoms in total. The second kappa shape index (κ2) is 6.99. The highest BCUT2D eigenvalue weighted by molar-refractivity contribution is 5.67. The highest BCUT2D eigenvalue weighted by Gasteiger charge is 2.17. The van der Waals surface area contributed by atoms with Crippen LogP contribution >= 0.6 is 0 Å². The third-order valence-corrected chi connectivity index (χ3v) is 2.99. The van der Waals surface area contributed by atoms with Gasteiger partial charge in [-0.05, 0) is 37.6 Å². The number of carbonyl (C=O) groups is 1. The number of hydrogen-bond acceptors (Lipinski definition) is 4. The Hall–Kier alpha value is -1.75. The van der Waals surface area contributed by atoms with Crippen molar-refractivity contribution in [3.63, 3.8) is 0 Å². The molecule has 2 N–H and O–H groups in total. The predicted molar refractivity (Wildman–Crippen MR) is 72.2 cm³/mol. The molecule has 104 valence electrons. The number of amides is 1. The highest BCUT2D eigenvalue weighted by Crippen LogP contribution is 2.12. The minimum Gasteiger partial charge on any atom is -0.494 e. The Kier molecular flexibility index (Phi) is 5.03. The van der Waals surface area contributed by atoms with Gasteiger partial charge in [0.05, 0.1) is 6.61 Å². The van der Waals surface area contributed by atoms with Gasteiger partial charge in [0, 0.05) is 12.6 Å². The molecule has 19 heavy (non-hydrogen) atoms. The van der Waals surface area contributed by atoms with E-state index < -0.39 is 0 Å². The molecule has 0 aromatic heterocycles. The molecule has 0 saturated carbocycles. The standard InChI is InChI=1S/C14H20N2O3/c1-2-18-13-5-3-11(4-6-13)10-19-14(17)16-12-7-8-15-9-12/h3-6,12,15H,2,7-10H2,1H3,(H,16,17). The van der Waals surface area contributed by atoms with Crippen LogP contribution in [0.3, 0.4) is 0 Å². The molecule has 1 atom stereocenters. The molecular formula is C14H20N2O3. The molecular weight excluding hydrogens is 244 g/mol. The summed E-state index contributed by atoms with van der Waals surface area (Å²) in [7, 11) is 0. The van der Waals surface area contributed by atoms with Crippen molar-refractivity contribution in [3.05, 3.63) is 29.8 Å². The van der Waals surface area contributed by atoms with Gasteiger partial charge in [-0.2, -0.15) is 0 Å². The monoisotopic (exact) mass is 264 g/mol. The number of ether oxygens (including phenoxy) is 2. The van der Waals surface area contributed by atoms with E-state index in [0.29, 0.717) is 6.61 Å². The van der Waals surface area contributed by atoms with Crippen LogP contribution in [0.15, 0.2) is 24.3 Å². The van der Waals surface area contributed by atoms with Crippen LogP contribution in [0.25, 0.3) is 0 Å². The molecule has 1 aliphatic rings. The van der Waals surface area contributed by atoms with Crippen LogP contribution in [-0.4, -0.2) is 31.8 Å². The minimum absolute atomic E-state index is 0.188. The Labute approximate surface area is 113 Å². The second-order valence-corrected chi connectivity index (χ2v) is 4.49. The van der Waals surface area contributed by atoms with E-state index in [1.165, 1.54) is 0 Å². The molecule has 0 aliphatic carbocycles. The number of nitrogens with one attached hydrogen (secondary N) is 2. The third kappa shape index (κ3) is 4.44. The topological polar surface area (TPSA) is 59.6 Å². The fourth-order valence-electron chi connectivity index (χ4n) is 1.98. The number of hydrogen-bond donors (Lipinski definition) is 2. The van der Waals surface area contributed by atoms with Crippen LogP contribution in [-0.2, 0) is 11.3 Å². The number of rotatable bonds is 5. The van der Waals surface area contributed by atoms with Crippen LogP contribution in [0, 0.1) is 0 Å². The molecule has 2 rings (SSSR count). The molecule has 1 fully saturated rings. The Morgan fingerprint density at radius 1 is 1.42 bits per heavy atom. The molecule has 1 saturated heterocycles. The average Bonchev–Trinajstić information content (AvgIpc) is 2.91. The lowest BCUT2D eigenvalue weighted by Gasteiger charge is -2.11. The van der Waals surface area contributed by atoms with Gasteiger partial charge < -0.3 is 20.1 Å². The van der Waals surface area contributed by atoms with Crippen LogP contribution in [0.4, 0.5) is 4.79 Å². The summed E-state index contributed by atoms with van der Waals surface area (Å²) in [6.07, 6.45) is 0.598. The Morgan fingerprint density at radius 2 is 2.21 bits per heavy atom. The molecule has 0 spiro atoms. The first-order chi connectivity index (χ1) is 9.28. The van der Waals surface area contributed by atoms with E-state index in [9.17, 15) is 4.79 Å². The van der Waals surface area contributed by atoms with Gasteiger partial charge in [-0.3, -0.25) is 0 Å². The lowest BCUT2D eigenvalue weighted by molar-refractivity contribution is 0.136. The zero-order valence-electron chi connectivity index (χ0n) is 11.1. The zero-order valence-corrected chi connectivity index (χ0v) is 11.1. The van der Waals surface area contributed by atoms with E-state index in [1.54, 1.807) is 0 Å². The summed E-state index contributed by atoms with van der Waals surface area (Å²) in [5.74, 6) is 0.827. The third-order valence-electron chi connectivity index (χ3n) is 2.99. The summed E-state index contributed by atoms with van der Waals surface area (Å²) in [6.45, 7) is 4.63. The summed E-state index contributed by atoms with van der Waals surface area (Å²) in [5, 5.41) is 6.02. The van der Waals surface area contributed by atoms with Crippen molar-refractivity contribution in [2.75, 3.05) is 19.7 Å². The van der Waals surface area contributed by atoms with Gasteiger partial charge in [0.1, 0.15) is 12.4 Å². The maximum Gasteiger partial charge on any atom is 0.407 e. The maximum absolute atomic E-state index is 11.6. The van der Waals surface area contributed by atoms with E-state index in [-0.39, 0.29) is 18.7 Å². The van der Waals surface area contributed by atoms with Crippen LogP contribution < -0.4 is 15.4 Å².